The Morgan fingerprint density at radius 3 is 2.35 bits per heavy atom. The predicted molar refractivity (Wildman–Crippen MR) is 120 cm³/mol. The SMILES string of the molecule is CC(C)c1cnc(-c2ccc3sc4ccccc4c3c2)cc1[Si](C)(C)C. The highest BCUT2D eigenvalue weighted by Crippen LogP contribution is 2.36. The van der Waals surface area contributed by atoms with Gasteiger partial charge in [0.05, 0.1) is 13.8 Å². The summed E-state index contributed by atoms with van der Waals surface area (Å²) >= 11 is 1.87. The second kappa shape index (κ2) is 6.33. The molecule has 0 radical (unpaired) electrons. The molecule has 0 N–H and O–H groups in total. The van der Waals surface area contributed by atoms with Crippen LogP contribution >= 0.6 is 11.3 Å². The predicted octanol–water partition coefficient (Wildman–Crippen LogP) is 6.79. The first-order chi connectivity index (χ1) is 12.3. The van der Waals surface area contributed by atoms with Gasteiger partial charge in [0.25, 0.3) is 0 Å². The summed E-state index contributed by atoms with van der Waals surface area (Å²) in [5.41, 5.74) is 3.73. The number of pyridine rings is 1. The molecule has 2 aromatic carbocycles. The van der Waals surface area contributed by atoms with Gasteiger partial charge in [-0.25, -0.2) is 0 Å². The lowest BCUT2D eigenvalue weighted by Crippen LogP contribution is -2.40. The summed E-state index contributed by atoms with van der Waals surface area (Å²) in [5, 5.41) is 4.22. The summed E-state index contributed by atoms with van der Waals surface area (Å²) in [6.07, 6.45) is 2.11. The number of rotatable bonds is 3. The van der Waals surface area contributed by atoms with Gasteiger partial charge in [-0.2, -0.15) is 0 Å². The third-order valence-corrected chi connectivity index (χ3v) is 8.24. The zero-order chi connectivity index (χ0) is 18.5. The molecule has 132 valence electrons. The first-order valence-electron chi connectivity index (χ1n) is 9.26. The van der Waals surface area contributed by atoms with Crippen LogP contribution in [-0.2, 0) is 0 Å². The summed E-state index contributed by atoms with van der Waals surface area (Å²) in [4.78, 5) is 4.84. The minimum absolute atomic E-state index is 0.515. The molecule has 0 saturated heterocycles. The summed E-state index contributed by atoms with van der Waals surface area (Å²) in [5.74, 6) is 0.515. The van der Waals surface area contributed by atoms with E-state index in [0.717, 1.165) is 5.69 Å². The van der Waals surface area contributed by atoms with Crippen LogP contribution in [0.15, 0.2) is 54.7 Å². The number of nitrogens with zero attached hydrogens (tertiary/aromatic N) is 1. The van der Waals surface area contributed by atoms with Crippen molar-refractivity contribution in [2.75, 3.05) is 0 Å². The van der Waals surface area contributed by atoms with Crippen molar-refractivity contribution in [3.63, 3.8) is 0 Å². The second-order valence-corrected chi connectivity index (χ2v) is 14.5. The standard InChI is InChI=1S/C23H25NSSi/c1-15(2)19-14-24-20(13-23(19)26(3,4)5)16-10-11-22-18(12-16)17-8-6-7-9-21(17)25-22/h6-15H,1-5H3. The van der Waals surface area contributed by atoms with E-state index in [0.29, 0.717) is 5.92 Å². The van der Waals surface area contributed by atoms with Crippen LogP contribution in [0.25, 0.3) is 31.4 Å². The van der Waals surface area contributed by atoms with Crippen molar-refractivity contribution in [3.8, 4) is 11.3 Å². The van der Waals surface area contributed by atoms with Gasteiger partial charge in [-0.05, 0) is 35.7 Å². The lowest BCUT2D eigenvalue weighted by molar-refractivity contribution is 0.864. The lowest BCUT2D eigenvalue weighted by atomic mass is 10.0. The zero-order valence-electron chi connectivity index (χ0n) is 16.1. The van der Waals surface area contributed by atoms with Crippen LogP contribution in [0, 0.1) is 0 Å². The average Bonchev–Trinajstić information content (AvgIpc) is 2.98. The molecule has 0 spiro atoms. The van der Waals surface area contributed by atoms with Crippen molar-refractivity contribution in [3.05, 3.63) is 60.3 Å². The van der Waals surface area contributed by atoms with Crippen LogP contribution in [0.1, 0.15) is 25.3 Å². The Morgan fingerprint density at radius 1 is 0.885 bits per heavy atom. The molecular formula is C23H25NSSi. The Kier molecular flexibility index (Phi) is 4.24. The number of hydrogen-bond acceptors (Lipinski definition) is 2. The maximum atomic E-state index is 4.84. The van der Waals surface area contributed by atoms with Crippen molar-refractivity contribution in [1.82, 2.24) is 4.98 Å². The molecule has 0 fully saturated rings. The Morgan fingerprint density at radius 2 is 1.62 bits per heavy atom. The van der Waals surface area contributed by atoms with Crippen molar-refractivity contribution in [2.45, 2.75) is 39.4 Å². The number of hydrogen-bond donors (Lipinski definition) is 0. The average molecular weight is 376 g/mol. The Labute approximate surface area is 160 Å². The van der Waals surface area contributed by atoms with E-state index in [9.17, 15) is 0 Å². The molecule has 0 aliphatic rings. The fourth-order valence-corrected chi connectivity index (χ4v) is 6.49. The highest BCUT2D eigenvalue weighted by molar-refractivity contribution is 7.25. The van der Waals surface area contributed by atoms with E-state index in [4.69, 9.17) is 4.98 Å². The molecular weight excluding hydrogens is 350 g/mol. The molecule has 4 rings (SSSR count). The Hall–Kier alpha value is -1.97. The van der Waals surface area contributed by atoms with Gasteiger partial charge in [0.2, 0.25) is 0 Å². The van der Waals surface area contributed by atoms with Gasteiger partial charge in [0.1, 0.15) is 0 Å². The maximum absolute atomic E-state index is 4.84. The van der Waals surface area contributed by atoms with Gasteiger partial charge in [0, 0.05) is 31.9 Å². The number of aromatic nitrogens is 1. The molecule has 0 atom stereocenters. The van der Waals surface area contributed by atoms with Crippen LogP contribution in [-0.4, -0.2) is 13.1 Å². The molecule has 4 aromatic rings. The van der Waals surface area contributed by atoms with E-state index in [1.54, 1.807) is 0 Å². The summed E-state index contributed by atoms with van der Waals surface area (Å²) in [6, 6.07) is 17.8. The van der Waals surface area contributed by atoms with Gasteiger partial charge in [-0.3, -0.25) is 4.98 Å². The smallest absolute Gasteiger partial charge is 0.0781 e. The third kappa shape index (κ3) is 2.99. The van der Waals surface area contributed by atoms with E-state index >= 15 is 0 Å². The van der Waals surface area contributed by atoms with Crippen LogP contribution < -0.4 is 5.19 Å². The van der Waals surface area contributed by atoms with Gasteiger partial charge in [0.15, 0.2) is 0 Å². The van der Waals surface area contributed by atoms with E-state index in [-0.39, 0.29) is 0 Å². The number of thiophene rings is 1. The van der Waals surface area contributed by atoms with Crippen molar-refractivity contribution >= 4 is 44.8 Å². The lowest BCUT2D eigenvalue weighted by Gasteiger charge is -2.23. The monoisotopic (exact) mass is 375 g/mol. The largest absolute Gasteiger partial charge is 0.256 e. The summed E-state index contributed by atoms with van der Waals surface area (Å²) in [7, 11) is -1.43. The van der Waals surface area contributed by atoms with E-state index in [1.165, 1.54) is 36.5 Å². The first kappa shape index (κ1) is 17.4. The minimum Gasteiger partial charge on any atom is -0.256 e. The van der Waals surface area contributed by atoms with Crippen molar-refractivity contribution < 1.29 is 0 Å². The van der Waals surface area contributed by atoms with E-state index in [2.05, 4.69) is 88.2 Å². The molecule has 2 heterocycles. The minimum atomic E-state index is -1.43. The van der Waals surface area contributed by atoms with Crippen LogP contribution in [0.5, 0.6) is 0 Å². The van der Waals surface area contributed by atoms with Crippen molar-refractivity contribution in [1.29, 1.82) is 0 Å². The molecule has 2 aromatic heterocycles. The zero-order valence-corrected chi connectivity index (χ0v) is 17.9. The quantitative estimate of drug-likeness (QED) is 0.359. The highest BCUT2D eigenvalue weighted by atomic mass is 32.1. The molecule has 0 bridgehead atoms. The topological polar surface area (TPSA) is 12.9 Å². The molecule has 0 unspecified atom stereocenters. The second-order valence-electron chi connectivity index (χ2n) is 8.37. The van der Waals surface area contributed by atoms with Crippen molar-refractivity contribution in [2.24, 2.45) is 0 Å². The molecule has 0 amide bonds. The molecule has 26 heavy (non-hydrogen) atoms. The molecule has 0 saturated carbocycles. The first-order valence-corrected chi connectivity index (χ1v) is 13.6. The Balaban J connectivity index is 1.91. The molecule has 0 aliphatic carbocycles. The number of benzene rings is 2. The van der Waals surface area contributed by atoms with E-state index in [1.807, 2.05) is 11.3 Å². The molecule has 0 aliphatic heterocycles. The Bertz CT molecular complexity index is 1100. The fourth-order valence-electron chi connectivity index (χ4n) is 3.62. The maximum Gasteiger partial charge on any atom is 0.0781 e. The normalized spacial score (nSPS) is 12.4. The van der Waals surface area contributed by atoms with Crippen LogP contribution in [0.3, 0.4) is 0 Å². The summed E-state index contributed by atoms with van der Waals surface area (Å²) < 4.78 is 2.70. The third-order valence-electron chi connectivity index (χ3n) is 5.04. The molecule has 1 nitrogen and oxygen atoms in total. The van der Waals surface area contributed by atoms with Gasteiger partial charge in [-0.15, -0.1) is 11.3 Å². The summed E-state index contributed by atoms with van der Waals surface area (Å²) in [6.45, 7) is 11.8. The van der Waals surface area contributed by atoms with Gasteiger partial charge in [-0.1, -0.05) is 62.9 Å². The van der Waals surface area contributed by atoms with Crippen LogP contribution in [0.4, 0.5) is 0 Å². The van der Waals surface area contributed by atoms with Gasteiger partial charge >= 0.3 is 0 Å². The molecule has 3 heteroatoms. The van der Waals surface area contributed by atoms with E-state index < -0.39 is 8.07 Å². The van der Waals surface area contributed by atoms with Crippen LogP contribution in [0.2, 0.25) is 19.6 Å². The number of fused-ring (bicyclic) bond motifs is 3. The fraction of sp³-hybridized carbons (Fsp3) is 0.261. The van der Waals surface area contributed by atoms with Gasteiger partial charge < -0.3 is 0 Å². The highest BCUT2D eigenvalue weighted by Gasteiger charge is 2.23.